The van der Waals surface area contributed by atoms with Gasteiger partial charge in [0, 0.05) is 11.8 Å². The number of amides is 2. The minimum absolute atomic E-state index is 0.182. The molecule has 158 valence electrons. The molecule has 2 aromatic carbocycles. The molecule has 0 saturated heterocycles. The highest BCUT2D eigenvalue weighted by molar-refractivity contribution is 7.19. The molecule has 0 aliphatic heterocycles. The maximum Gasteiger partial charge on any atom is 0.341 e. The summed E-state index contributed by atoms with van der Waals surface area (Å²) in [6.07, 6.45) is 3.05. The molecule has 3 aromatic rings. The van der Waals surface area contributed by atoms with Crippen molar-refractivity contribution >= 4 is 45.9 Å². The summed E-state index contributed by atoms with van der Waals surface area (Å²) in [5.41, 5.74) is 2.15. The summed E-state index contributed by atoms with van der Waals surface area (Å²) in [6.45, 7) is 3.54. The first-order chi connectivity index (χ1) is 15.0. The number of benzene rings is 2. The van der Waals surface area contributed by atoms with Gasteiger partial charge in [0.25, 0.3) is 5.91 Å². The minimum atomic E-state index is -0.586. The van der Waals surface area contributed by atoms with Gasteiger partial charge in [-0.25, -0.2) is 4.79 Å². The van der Waals surface area contributed by atoms with E-state index in [-0.39, 0.29) is 23.1 Å². The molecule has 2 N–H and O–H groups in total. The van der Waals surface area contributed by atoms with Crippen molar-refractivity contribution in [1.29, 1.82) is 0 Å². The number of carbonyl (C=O) groups excluding carboxylic acids is 3. The van der Waals surface area contributed by atoms with Crippen LogP contribution in [0.3, 0.4) is 0 Å². The van der Waals surface area contributed by atoms with Crippen LogP contribution in [0.15, 0.2) is 66.7 Å². The van der Waals surface area contributed by atoms with Crippen molar-refractivity contribution in [2.75, 3.05) is 17.2 Å². The molecule has 0 fully saturated rings. The quantitative estimate of drug-likeness (QED) is 0.398. The number of anilines is 2. The van der Waals surface area contributed by atoms with E-state index in [4.69, 9.17) is 4.74 Å². The Morgan fingerprint density at radius 2 is 1.61 bits per heavy atom. The second-order valence-corrected chi connectivity index (χ2v) is 7.55. The maximum absolute atomic E-state index is 12.8. The first-order valence-corrected chi connectivity index (χ1v) is 10.5. The third-order valence-electron chi connectivity index (χ3n) is 4.33. The van der Waals surface area contributed by atoms with E-state index in [0.29, 0.717) is 16.1 Å². The zero-order chi connectivity index (χ0) is 22.2. The molecule has 0 unspecified atom stereocenters. The number of thiophene rings is 1. The Kier molecular flexibility index (Phi) is 7.35. The van der Waals surface area contributed by atoms with E-state index in [0.717, 1.165) is 16.9 Å². The average Bonchev–Trinajstić information content (AvgIpc) is 3.09. The molecule has 7 heteroatoms. The van der Waals surface area contributed by atoms with E-state index in [1.807, 2.05) is 48.5 Å². The van der Waals surface area contributed by atoms with E-state index in [9.17, 15) is 14.4 Å². The zero-order valence-electron chi connectivity index (χ0n) is 17.2. The molecule has 0 spiro atoms. The summed E-state index contributed by atoms with van der Waals surface area (Å²) >= 11 is 1.04. The summed E-state index contributed by atoms with van der Waals surface area (Å²) in [4.78, 5) is 38.1. The summed E-state index contributed by atoms with van der Waals surface area (Å²) in [5.74, 6) is -1.36. The van der Waals surface area contributed by atoms with Gasteiger partial charge in [-0.05, 0) is 43.2 Å². The predicted octanol–water partition coefficient (Wildman–Crippen LogP) is 5.14. The normalized spacial score (nSPS) is 10.6. The lowest BCUT2D eigenvalue weighted by Crippen LogP contribution is -2.13. The fraction of sp³-hybridized carbons (Fsp3) is 0.125. The highest BCUT2D eigenvalue weighted by atomic mass is 32.1. The molecule has 0 aliphatic carbocycles. The maximum atomic E-state index is 12.8. The number of para-hydroxylation sites is 1. The van der Waals surface area contributed by atoms with Crippen LogP contribution >= 0.6 is 11.3 Å². The van der Waals surface area contributed by atoms with Crippen molar-refractivity contribution in [3.8, 4) is 0 Å². The average molecular weight is 435 g/mol. The molecule has 0 radical (unpaired) electrons. The molecule has 0 atom stereocenters. The number of nitrogens with one attached hydrogen (secondary N) is 2. The number of hydrogen-bond donors (Lipinski definition) is 2. The molecule has 0 saturated carbocycles. The van der Waals surface area contributed by atoms with Gasteiger partial charge in [0.15, 0.2) is 0 Å². The third kappa shape index (κ3) is 5.67. The largest absolute Gasteiger partial charge is 0.462 e. The van der Waals surface area contributed by atoms with Gasteiger partial charge in [-0.2, -0.15) is 0 Å². The van der Waals surface area contributed by atoms with Gasteiger partial charge in [-0.15, -0.1) is 11.3 Å². The van der Waals surface area contributed by atoms with Gasteiger partial charge in [0.1, 0.15) is 5.00 Å². The molecule has 1 heterocycles. The lowest BCUT2D eigenvalue weighted by atomic mass is 10.1. The fourth-order valence-corrected chi connectivity index (χ4v) is 3.96. The van der Waals surface area contributed by atoms with E-state index in [1.54, 1.807) is 32.1 Å². The Morgan fingerprint density at radius 3 is 2.26 bits per heavy atom. The molecule has 1 aromatic heterocycles. The third-order valence-corrected chi connectivity index (χ3v) is 5.53. The van der Waals surface area contributed by atoms with E-state index < -0.39 is 11.9 Å². The standard InChI is InChI=1S/C24H22N2O4S/c1-3-30-24(29)20-16(2)21(22(28)25-18-12-8-5-9-13-18)31-23(20)26-19(27)15-14-17-10-6-4-7-11-17/h4-15H,3H2,1-2H3,(H,25,28)(H,26,27)/b15-14+. The summed E-state index contributed by atoms with van der Waals surface area (Å²) < 4.78 is 5.14. The Morgan fingerprint density at radius 1 is 0.968 bits per heavy atom. The van der Waals surface area contributed by atoms with Crippen LogP contribution in [0.1, 0.15) is 38.1 Å². The van der Waals surface area contributed by atoms with Crippen molar-refractivity contribution in [1.82, 2.24) is 0 Å². The van der Waals surface area contributed by atoms with Crippen molar-refractivity contribution in [3.63, 3.8) is 0 Å². The Bertz CT molecular complexity index is 1110. The molecular formula is C24H22N2O4S. The number of esters is 1. The number of ether oxygens (including phenoxy) is 1. The van der Waals surface area contributed by atoms with Crippen LogP contribution in [0.25, 0.3) is 6.08 Å². The summed E-state index contributed by atoms with van der Waals surface area (Å²) in [5, 5.41) is 5.79. The van der Waals surface area contributed by atoms with Gasteiger partial charge in [0.05, 0.1) is 17.0 Å². The van der Waals surface area contributed by atoms with Crippen LogP contribution in [-0.2, 0) is 9.53 Å². The zero-order valence-corrected chi connectivity index (χ0v) is 18.0. The topological polar surface area (TPSA) is 84.5 Å². The molecule has 31 heavy (non-hydrogen) atoms. The van der Waals surface area contributed by atoms with Crippen LogP contribution in [0, 0.1) is 6.92 Å². The van der Waals surface area contributed by atoms with Crippen LogP contribution in [0.2, 0.25) is 0 Å². The SMILES string of the molecule is CCOC(=O)c1c(NC(=O)/C=C/c2ccccc2)sc(C(=O)Nc2ccccc2)c1C. The van der Waals surface area contributed by atoms with E-state index in [1.165, 1.54) is 6.08 Å². The van der Waals surface area contributed by atoms with E-state index in [2.05, 4.69) is 10.6 Å². The molecular weight excluding hydrogens is 412 g/mol. The van der Waals surface area contributed by atoms with Gasteiger partial charge in [-0.3, -0.25) is 9.59 Å². The summed E-state index contributed by atoms with van der Waals surface area (Å²) in [7, 11) is 0. The van der Waals surface area contributed by atoms with Crippen LogP contribution < -0.4 is 10.6 Å². The van der Waals surface area contributed by atoms with Gasteiger partial charge in [-0.1, -0.05) is 48.5 Å². The number of carbonyl (C=O) groups is 3. The summed E-state index contributed by atoms with van der Waals surface area (Å²) in [6, 6.07) is 18.4. The van der Waals surface area contributed by atoms with Crippen molar-refractivity contribution in [3.05, 3.63) is 88.3 Å². The van der Waals surface area contributed by atoms with Crippen molar-refractivity contribution in [2.45, 2.75) is 13.8 Å². The monoisotopic (exact) mass is 434 g/mol. The smallest absolute Gasteiger partial charge is 0.341 e. The molecule has 0 bridgehead atoms. The number of rotatable bonds is 7. The van der Waals surface area contributed by atoms with Crippen LogP contribution in [-0.4, -0.2) is 24.4 Å². The van der Waals surface area contributed by atoms with Gasteiger partial charge in [0.2, 0.25) is 5.91 Å². The second kappa shape index (κ2) is 10.4. The molecule has 0 aliphatic rings. The molecule has 6 nitrogen and oxygen atoms in total. The number of hydrogen-bond acceptors (Lipinski definition) is 5. The van der Waals surface area contributed by atoms with Crippen molar-refractivity contribution in [2.24, 2.45) is 0 Å². The first kappa shape index (κ1) is 22.0. The lowest BCUT2D eigenvalue weighted by molar-refractivity contribution is -0.111. The first-order valence-electron chi connectivity index (χ1n) is 9.70. The van der Waals surface area contributed by atoms with Gasteiger partial charge >= 0.3 is 5.97 Å². The minimum Gasteiger partial charge on any atom is -0.462 e. The highest BCUT2D eigenvalue weighted by Crippen LogP contribution is 2.34. The van der Waals surface area contributed by atoms with Crippen molar-refractivity contribution < 1.29 is 19.1 Å². The van der Waals surface area contributed by atoms with E-state index >= 15 is 0 Å². The Labute approximate surface area is 184 Å². The second-order valence-electron chi connectivity index (χ2n) is 6.53. The Hall–Kier alpha value is -3.71. The van der Waals surface area contributed by atoms with Crippen LogP contribution in [0.4, 0.5) is 10.7 Å². The molecule has 3 rings (SSSR count). The van der Waals surface area contributed by atoms with Gasteiger partial charge < -0.3 is 15.4 Å². The fourth-order valence-electron chi connectivity index (χ4n) is 2.87. The van der Waals surface area contributed by atoms with Crippen LogP contribution in [0.5, 0.6) is 0 Å². The molecule has 2 amide bonds. The lowest BCUT2D eigenvalue weighted by Gasteiger charge is -2.06. The Balaban J connectivity index is 1.86. The predicted molar refractivity (Wildman–Crippen MR) is 124 cm³/mol. The highest BCUT2D eigenvalue weighted by Gasteiger charge is 2.26.